The van der Waals surface area contributed by atoms with Gasteiger partial charge in [0.25, 0.3) is 0 Å². The van der Waals surface area contributed by atoms with E-state index in [0.29, 0.717) is 11.9 Å². The van der Waals surface area contributed by atoms with E-state index in [0.717, 1.165) is 58.5 Å². The topological polar surface area (TPSA) is 39.7 Å². The molecule has 2 saturated heterocycles. The molecule has 1 aromatic heterocycles. The number of hydrogen-bond donors (Lipinski definition) is 0. The van der Waals surface area contributed by atoms with E-state index in [9.17, 15) is 4.79 Å². The minimum atomic E-state index is 0.208. The van der Waals surface area contributed by atoms with Crippen molar-refractivity contribution in [3.05, 3.63) is 42.2 Å². The first-order valence-corrected chi connectivity index (χ1v) is 10.6. The number of carbonyl (C=O) groups is 1. The van der Waals surface area contributed by atoms with E-state index in [1.165, 1.54) is 24.9 Å². The summed E-state index contributed by atoms with van der Waals surface area (Å²) in [4.78, 5) is 24.2. The van der Waals surface area contributed by atoms with Crippen LogP contribution >= 0.6 is 0 Å². The van der Waals surface area contributed by atoms with Crippen molar-refractivity contribution >= 4 is 5.91 Å². The summed E-state index contributed by atoms with van der Waals surface area (Å²) in [5.41, 5.74) is 1.35. The lowest BCUT2D eigenvalue weighted by Gasteiger charge is -2.42. The number of rotatable bonds is 4. The van der Waals surface area contributed by atoms with Gasteiger partial charge in [-0.1, -0.05) is 12.2 Å². The maximum absolute atomic E-state index is 12.9. The van der Waals surface area contributed by atoms with E-state index in [1.54, 1.807) is 0 Å². The molecule has 0 radical (unpaired) electrons. The summed E-state index contributed by atoms with van der Waals surface area (Å²) < 4.78 is 0. The lowest BCUT2D eigenvalue weighted by Crippen LogP contribution is -2.51. The van der Waals surface area contributed by atoms with Crippen molar-refractivity contribution in [2.75, 3.05) is 39.3 Å². The Morgan fingerprint density at radius 1 is 1.04 bits per heavy atom. The Labute approximate surface area is 163 Å². The molecule has 5 nitrogen and oxygen atoms in total. The molecule has 0 saturated carbocycles. The second-order valence-electron chi connectivity index (χ2n) is 8.24. The minimum absolute atomic E-state index is 0.208. The number of likely N-dealkylation sites (tertiary alicyclic amines) is 2. The van der Waals surface area contributed by atoms with Gasteiger partial charge in [-0.05, 0) is 69.4 Å². The Kier molecular flexibility index (Phi) is 6.20. The molecule has 0 aromatic carbocycles. The molecule has 5 heteroatoms. The highest BCUT2D eigenvalue weighted by atomic mass is 16.2. The third-order valence-electron chi connectivity index (χ3n) is 6.40. The largest absolute Gasteiger partial charge is 0.338 e. The van der Waals surface area contributed by atoms with Crippen LogP contribution in [0.3, 0.4) is 0 Å². The van der Waals surface area contributed by atoms with Gasteiger partial charge in [0.2, 0.25) is 5.91 Å². The van der Waals surface area contributed by atoms with Gasteiger partial charge in [-0.2, -0.15) is 0 Å². The fourth-order valence-electron chi connectivity index (χ4n) is 4.83. The highest BCUT2D eigenvalue weighted by molar-refractivity contribution is 5.79. The molecule has 3 aliphatic heterocycles. The monoisotopic (exact) mass is 368 g/mol. The smallest absolute Gasteiger partial charge is 0.227 e. The van der Waals surface area contributed by atoms with Crippen molar-refractivity contribution in [2.24, 2.45) is 5.92 Å². The van der Waals surface area contributed by atoms with E-state index in [-0.39, 0.29) is 5.92 Å². The Balaban J connectivity index is 1.27. The summed E-state index contributed by atoms with van der Waals surface area (Å²) in [6.45, 7) is 7.17. The zero-order valence-corrected chi connectivity index (χ0v) is 16.3. The Morgan fingerprint density at radius 2 is 1.85 bits per heavy atom. The third kappa shape index (κ3) is 4.77. The van der Waals surface area contributed by atoms with Crippen LogP contribution < -0.4 is 0 Å². The molecule has 1 aromatic rings. The van der Waals surface area contributed by atoms with Gasteiger partial charge >= 0.3 is 0 Å². The molecule has 146 valence electrons. The molecule has 0 spiro atoms. The second-order valence-corrected chi connectivity index (χ2v) is 8.24. The molecule has 0 bridgehead atoms. The molecule has 27 heavy (non-hydrogen) atoms. The number of aromatic nitrogens is 1. The van der Waals surface area contributed by atoms with Gasteiger partial charge in [0.15, 0.2) is 0 Å². The number of nitrogens with zero attached hydrogens (tertiary/aromatic N) is 4. The predicted molar refractivity (Wildman–Crippen MR) is 107 cm³/mol. The lowest BCUT2D eigenvalue weighted by molar-refractivity contribution is -0.137. The van der Waals surface area contributed by atoms with Gasteiger partial charge in [0.1, 0.15) is 0 Å². The highest BCUT2D eigenvalue weighted by Crippen LogP contribution is 2.26. The average molecular weight is 369 g/mol. The van der Waals surface area contributed by atoms with Crippen LogP contribution in [0.15, 0.2) is 36.7 Å². The molecular weight excluding hydrogens is 336 g/mol. The van der Waals surface area contributed by atoms with Gasteiger partial charge in [-0.3, -0.25) is 19.6 Å². The standard InChI is InChI=1S/C22H32N4O/c27-22(25-12-2-1-3-13-25)20-5-4-14-26(18-20)21-8-15-24(16-9-21)17-19-6-10-23-11-7-19/h1-2,6-7,10-11,20-21H,3-5,8-9,12-18H2/t20-/m0/s1. The van der Waals surface area contributed by atoms with Crippen molar-refractivity contribution in [2.45, 2.75) is 44.7 Å². The van der Waals surface area contributed by atoms with E-state index < -0.39 is 0 Å². The summed E-state index contributed by atoms with van der Waals surface area (Å²) in [5, 5.41) is 0. The normalized spacial score (nSPS) is 25.6. The molecule has 4 heterocycles. The van der Waals surface area contributed by atoms with Gasteiger partial charge in [0.05, 0.1) is 5.92 Å². The Bertz CT molecular complexity index is 639. The summed E-state index contributed by atoms with van der Waals surface area (Å²) in [7, 11) is 0. The van der Waals surface area contributed by atoms with Crippen LogP contribution in [0.25, 0.3) is 0 Å². The van der Waals surface area contributed by atoms with Crippen LogP contribution in [-0.4, -0.2) is 70.9 Å². The average Bonchev–Trinajstić information content (AvgIpc) is 2.75. The maximum atomic E-state index is 12.9. The summed E-state index contributed by atoms with van der Waals surface area (Å²) in [6.07, 6.45) is 13.8. The maximum Gasteiger partial charge on any atom is 0.227 e. The van der Waals surface area contributed by atoms with Gasteiger partial charge < -0.3 is 4.90 Å². The van der Waals surface area contributed by atoms with Crippen molar-refractivity contribution in [3.8, 4) is 0 Å². The predicted octanol–water partition coefficient (Wildman–Crippen LogP) is 2.55. The van der Waals surface area contributed by atoms with Crippen LogP contribution in [0.4, 0.5) is 0 Å². The van der Waals surface area contributed by atoms with Gasteiger partial charge in [0, 0.05) is 44.6 Å². The molecule has 3 aliphatic rings. The molecule has 1 atom stereocenters. The zero-order valence-electron chi connectivity index (χ0n) is 16.3. The first-order valence-electron chi connectivity index (χ1n) is 10.6. The summed E-state index contributed by atoms with van der Waals surface area (Å²) >= 11 is 0. The number of pyridine rings is 1. The molecule has 1 amide bonds. The van der Waals surface area contributed by atoms with Crippen LogP contribution in [-0.2, 0) is 11.3 Å². The molecule has 4 rings (SSSR count). The van der Waals surface area contributed by atoms with Crippen LogP contribution in [0.1, 0.15) is 37.7 Å². The van der Waals surface area contributed by atoms with Crippen molar-refractivity contribution in [1.82, 2.24) is 19.7 Å². The van der Waals surface area contributed by atoms with Crippen molar-refractivity contribution < 1.29 is 4.79 Å². The second kappa shape index (κ2) is 8.98. The molecule has 0 unspecified atom stereocenters. The summed E-state index contributed by atoms with van der Waals surface area (Å²) in [6, 6.07) is 4.88. The van der Waals surface area contributed by atoms with Crippen LogP contribution in [0, 0.1) is 5.92 Å². The summed E-state index contributed by atoms with van der Waals surface area (Å²) in [5.74, 6) is 0.597. The fourth-order valence-corrected chi connectivity index (χ4v) is 4.83. The first kappa shape index (κ1) is 18.6. The molecule has 0 N–H and O–H groups in total. The molecule has 2 fully saturated rings. The Morgan fingerprint density at radius 3 is 2.59 bits per heavy atom. The fraction of sp³-hybridized carbons (Fsp3) is 0.636. The van der Waals surface area contributed by atoms with Gasteiger partial charge in [-0.15, -0.1) is 0 Å². The van der Waals surface area contributed by atoms with Crippen LogP contribution in [0.2, 0.25) is 0 Å². The first-order chi connectivity index (χ1) is 13.3. The SMILES string of the molecule is O=C([C@H]1CCCN(C2CCN(Cc3ccncc3)CC2)C1)N1CC=CCC1. The van der Waals surface area contributed by atoms with E-state index in [1.807, 2.05) is 12.4 Å². The van der Waals surface area contributed by atoms with E-state index in [4.69, 9.17) is 0 Å². The molecule has 0 aliphatic carbocycles. The lowest BCUT2D eigenvalue weighted by atomic mass is 9.92. The molecular formula is C22H32N4O. The van der Waals surface area contributed by atoms with Crippen molar-refractivity contribution in [3.63, 3.8) is 0 Å². The minimum Gasteiger partial charge on any atom is -0.338 e. The number of piperidine rings is 2. The number of hydrogen-bond acceptors (Lipinski definition) is 4. The quantitative estimate of drug-likeness (QED) is 0.766. The van der Waals surface area contributed by atoms with Crippen LogP contribution in [0.5, 0.6) is 0 Å². The zero-order chi connectivity index (χ0) is 18.5. The van der Waals surface area contributed by atoms with Gasteiger partial charge in [-0.25, -0.2) is 0 Å². The third-order valence-corrected chi connectivity index (χ3v) is 6.40. The Hall–Kier alpha value is -1.72. The van der Waals surface area contributed by atoms with Crippen molar-refractivity contribution in [1.29, 1.82) is 0 Å². The number of carbonyl (C=O) groups excluding carboxylic acids is 1. The number of amides is 1. The highest BCUT2D eigenvalue weighted by Gasteiger charge is 2.33. The van der Waals surface area contributed by atoms with E-state index in [2.05, 4.69) is 44.0 Å². The van der Waals surface area contributed by atoms with E-state index >= 15 is 0 Å².